The maximum absolute atomic E-state index is 12.6. The van der Waals surface area contributed by atoms with Gasteiger partial charge in [0.25, 0.3) is 10.0 Å². The summed E-state index contributed by atoms with van der Waals surface area (Å²) in [7, 11) is -7.53. The number of imidazole rings is 1. The molecule has 3 rings (SSSR count). The van der Waals surface area contributed by atoms with Crippen molar-refractivity contribution in [2.24, 2.45) is 0 Å². The molecule has 0 radical (unpaired) electrons. The van der Waals surface area contributed by atoms with Gasteiger partial charge in [-0.1, -0.05) is 50.2 Å². The highest BCUT2D eigenvalue weighted by atomic mass is 32.2. The quantitative estimate of drug-likeness (QED) is 0.502. The first-order valence-electron chi connectivity index (χ1n) is 8.87. The number of hydrogen-bond acceptors (Lipinski definition) is 5. The molecule has 0 aliphatic rings. The lowest BCUT2D eigenvalue weighted by Gasteiger charge is -2.11. The molecule has 29 heavy (non-hydrogen) atoms. The van der Waals surface area contributed by atoms with Crippen LogP contribution in [0.2, 0.25) is 0 Å². The maximum atomic E-state index is 12.6. The molecule has 3 N–H and O–H groups in total. The minimum atomic E-state index is -3.88. The first-order chi connectivity index (χ1) is 13.6. The van der Waals surface area contributed by atoms with Gasteiger partial charge in [0.1, 0.15) is 5.82 Å². The van der Waals surface area contributed by atoms with Crippen LogP contribution in [0, 0.1) is 0 Å². The Balaban J connectivity index is 1.75. The number of nitrogens with one attached hydrogen (secondary N) is 3. The number of aromatic amines is 1. The highest BCUT2D eigenvalue weighted by Crippen LogP contribution is 2.21. The maximum Gasteiger partial charge on any atom is 0.278 e. The van der Waals surface area contributed by atoms with Gasteiger partial charge in [-0.05, 0) is 23.8 Å². The Bertz CT molecular complexity index is 1190. The Kier molecular flexibility index (Phi) is 5.94. The molecule has 0 fully saturated rings. The number of anilines is 2. The van der Waals surface area contributed by atoms with E-state index in [1.165, 1.54) is 18.3 Å². The second-order valence-corrected chi connectivity index (χ2v) is 10.2. The lowest BCUT2D eigenvalue weighted by molar-refractivity contribution is 0.597. The standard InChI is InChI=1S/C19H22N4O4S2/c1-14(2)19-20-12-18(21-19)29(26,27)23-17-10-6-9-16(11-17)22-28(24,25)13-15-7-4-3-5-8-15/h3-12,14,22-23H,13H2,1-2H3,(H,20,21). The predicted molar refractivity (Wildman–Crippen MR) is 113 cm³/mol. The van der Waals surface area contributed by atoms with Crippen molar-refractivity contribution in [3.05, 3.63) is 72.2 Å². The smallest absolute Gasteiger partial charge is 0.278 e. The normalized spacial score (nSPS) is 12.1. The molecule has 0 spiro atoms. The van der Waals surface area contributed by atoms with Crippen molar-refractivity contribution in [1.82, 2.24) is 9.97 Å². The molecule has 3 aromatic rings. The summed E-state index contributed by atoms with van der Waals surface area (Å²) in [6, 6.07) is 14.8. The van der Waals surface area contributed by atoms with Crippen LogP contribution < -0.4 is 9.44 Å². The minimum absolute atomic E-state index is 0.0568. The van der Waals surface area contributed by atoms with Gasteiger partial charge in [0, 0.05) is 5.92 Å². The third-order valence-electron chi connectivity index (χ3n) is 4.00. The summed E-state index contributed by atoms with van der Waals surface area (Å²) in [5, 5.41) is -0.0590. The Hall–Kier alpha value is -2.85. The van der Waals surface area contributed by atoms with Gasteiger partial charge in [0.15, 0.2) is 5.03 Å². The fourth-order valence-corrected chi connectivity index (χ4v) is 4.78. The van der Waals surface area contributed by atoms with Gasteiger partial charge in [-0.15, -0.1) is 0 Å². The summed E-state index contributed by atoms with van der Waals surface area (Å²) >= 11 is 0. The molecule has 8 nitrogen and oxygen atoms in total. The monoisotopic (exact) mass is 434 g/mol. The highest BCUT2D eigenvalue weighted by molar-refractivity contribution is 7.92. The molecule has 1 aromatic heterocycles. The molecule has 0 atom stereocenters. The summed E-state index contributed by atoms with van der Waals surface area (Å²) in [5.74, 6) is 0.435. The van der Waals surface area contributed by atoms with E-state index in [1.807, 2.05) is 19.9 Å². The molecule has 1 heterocycles. The van der Waals surface area contributed by atoms with Crippen LogP contribution in [0.25, 0.3) is 0 Å². The predicted octanol–water partition coefficient (Wildman–Crippen LogP) is 3.28. The molecule has 0 bridgehead atoms. The highest BCUT2D eigenvalue weighted by Gasteiger charge is 2.19. The van der Waals surface area contributed by atoms with E-state index < -0.39 is 20.0 Å². The van der Waals surface area contributed by atoms with Crippen LogP contribution in [0.1, 0.15) is 31.2 Å². The zero-order chi connectivity index (χ0) is 21.1. The third kappa shape index (κ3) is 5.58. The van der Waals surface area contributed by atoms with Gasteiger partial charge in [-0.3, -0.25) is 9.44 Å². The van der Waals surface area contributed by atoms with Crippen LogP contribution in [0.4, 0.5) is 11.4 Å². The van der Waals surface area contributed by atoms with E-state index in [4.69, 9.17) is 0 Å². The molecule has 154 valence electrons. The molecule has 0 unspecified atom stereocenters. The summed E-state index contributed by atoms with van der Waals surface area (Å²) in [6.07, 6.45) is 1.25. The second-order valence-electron chi connectivity index (χ2n) is 6.82. The third-order valence-corrected chi connectivity index (χ3v) is 6.55. The van der Waals surface area contributed by atoms with Crippen molar-refractivity contribution in [2.75, 3.05) is 9.44 Å². The van der Waals surface area contributed by atoms with E-state index in [0.717, 1.165) is 0 Å². The summed E-state index contributed by atoms with van der Waals surface area (Å²) in [5.41, 5.74) is 1.14. The lowest BCUT2D eigenvalue weighted by atomic mass is 10.2. The van der Waals surface area contributed by atoms with E-state index in [1.54, 1.807) is 36.4 Å². The summed E-state index contributed by atoms with van der Waals surface area (Å²) in [4.78, 5) is 6.84. The zero-order valence-corrected chi connectivity index (χ0v) is 17.6. The average Bonchev–Trinajstić information content (AvgIpc) is 3.13. The fraction of sp³-hybridized carbons (Fsp3) is 0.211. The number of hydrogen-bond donors (Lipinski definition) is 3. The lowest BCUT2D eigenvalue weighted by Crippen LogP contribution is -2.16. The van der Waals surface area contributed by atoms with Gasteiger partial charge in [-0.25, -0.2) is 13.4 Å². The largest absolute Gasteiger partial charge is 0.331 e. The fourth-order valence-electron chi connectivity index (χ4n) is 2.61. The number of aromatic nitrogens is 2. The van der Waals surface area contributed by atoms with Crippen molar-refractivity contribution < 1.29 is 16.8 Å². The molecule has 0 amide bonds. The van der Waals surface area contributed by atoms with E-state index in [2.05, 4.69) is 19.4 Å². The average molecular weight is 435 g/mol. The summed E-state index contributed by atoms with van der Waals surface area (Å²) < 4.78 is 54.8. The molecular weight excluding hydrogens is 412 g/mol. The molecular formula is C19H22N4O4S2. The van der Waals surface area contributed by atoms with E-state index in [0.29, 0.717) is 11.4 Å². The van der Waals surface area contributed by atoms with Crippen LogP contribution in [0.3, 0.4) is 0 Å². The van der Waals surface area contributed by atoms with Crippen LogP contribution >= 0.6 is 0 Å². The van der Waals surface area contributed by atoms with Crippen molar-refractivity contribution >= 4 is 31.4 Å². The first-order valence-corrected chi connectivity index (χ1v) is 12.0. The van der Waals surface area contributed by atoms with E-state index in [-0.39, 0.29) is 28.1 Å². The zero-order valence-electron chi connectivity index (χ0n) is 16.0. The number of benzene rings is 2. The van der Waals surface area contributed by atoms with Crippen LogP contribution in [-0.4, -0.2) is 26.8 Å². The second kappa shape index (κ2) is 8.26. The van der Waals surface area contributed by atoms with E-state index in [9.17, 15) is 16.8 Å². The van der Waals surface area contributed by atoms with E-state index >= 15 is 0 Å². The molecule has 0 aliphatic carbocycles. The Labute approximate surface area is 170 Å². The topological polar surface area (TPSA) is 121 Å². The van der Waals surface area contributed by atoms with Crippen LogP contribution in [0.5, 0.6) is 0 Å². The summed E-state index contributed by atoms with van der Waals surface area (Å²) in [6.45, 7) is 3.79. The Morgan fingerprint density at radius 2 is 1.59 bits per heavy atom. The molecule has 0 saturated heterocycles. The number of H-pyrrole nitrogens is 1. The number of sulfonamides is 2. The van der Waals surface area contributed by atoms with Crippen LogP contribution in [0.15, 0.2) is 65.8 Å². The Morgan fingerprint density at radius 1 is 0.931 bits per heavy atom. The van der Waals surface area contributed by atoms with Crippen molar-refractivity contribution in [3.8, 4) is 0 Å². The van der Waals surface area contributed by atoms with Crippen LogP contribution in [-0.2, 0) is 25.8 Å². The van der Waals surface area contributed by atoms with Crippen molar-refractivity contribution in [3.63, 3.8) is 0 Å². The SMILES string of the molecule is CC(C)c1ncc(S(=O)(=O)Nc2cccc(NS(=O)(=O)Cc3ccccc3)c2)[nH]1. The Morgan fingerprint density at radius 3 is 2.21 bits per heavy atom. The van der Waals surface area contributed by atoms with Crippen molar-refractivity contribution in [2.45, 2.75) is 30.5 Å². The molecule has 10 heteroatoms. The van der Waals surface area contributed by atoms with Gasteiger partial charge in [-0.2, -0.15) is 8.42 Å². The first kappa shape index (κ1) is 20.9. The molecule has 2 aromatic carbocycles. The number of nitrogens with zero attached hydrogens (tertiary/aromatic N) is 1. The molecule has 0 aliphatic heterocycles. The van der Waals surface area contributed by atoms with Crippen molar-refractivity contribution in [1.29, 1.82) is 0 Å². The van der Waals surface area contributed by atoms with Gasteiger partial charge in [0.2, 0.25) is 10.0 Å². The molecule has 0 saturated carbocycles. The minimum Gasteiger partial charge on any atom is -0.331 e. The van der Waals surface area contributed by atoms with Gasteiger partial charge >= 0.3 is 0 Å². The van der Waals surface area contributed by atoms with Gasteiger partial charge < -0.3 is 4.98 Å². The van der Waals surface area contributed by atoms with Gasteiger partial charge in [0.05, 0.1) is 23.3 Å². The number of rotatable bonds is 8.